The van der Waals surface area contributed by atoms with Crippen LogP contribution in [0.2, 0.25) is 0 Å². The number of aryl methyl sites for hydroxylation is 1. The molecule has 2 nitrogen and oxygen atoms in total. The van der Waals surface area contributed by atoms with Gasteiger partial charge in [-0.05, 0) is 30.7 Å². The lowest BCUT2D eigenvalue weighted by molar-refractivity contribution is 0.107. The van der Waals surface area contributed by atoms with Gasteiger partial charge in [-0.15, -0.1) is 0 Å². The third-order valence-corrected chi connectivity index (χ3v) is 1.75. The van der Waals surface area contributed by atoms with Crippen molar-refractivity contribution in [2.75, 3.05) is 0 Å². The van der Waals surface area contributed by atoms with Crippen LogP contribution in [0.1, 0.15) is 28.2 Å². The Balaban J connectivity index is 3.13. The number of hydrogen-bond donors (Lipinski definition) is 0. The predicted octanol–water partition coefficient (Wildman–Crippen LogP) is 2.71. The Kier molecular flexibility index (Phi) is 2.93. The third kappa shape index (κ3) is 2.21. The number of rotatable bonds is 2. The van der Waals surface area contributed by atoms with Gasteiger partial charge in [-0.1, -0.05) is 0 Å². The molecule has 0 bridgehead atoms. The van der Waals surface area contributed by atoms with Crippen molar-refractivity contribution in [1.29, 1.82) is 0 Å². The van der Waals surface area contributed by atoms with E-state index in [0.717, 1.165) is 6.07 Å². The van der Waals surface area contributed by atoms with Crippen LogP contribution in [-0.2, 0) is 0 Å². The van der Waals surface area contributed by atoms with Crippen LogP contribution in [-0.4, -0.2) is 10.2 Å². The topological polar surface area (TPSA) is 30.0 Å². The van der Waals surface area contributed by atoms with Gasteiger partial charge in [0.2, 0.25) is 0 Å². The maximum atomic E-state index is 12.1. The molecule has 0 amide bonds. The molecular weight excluding hydrogens is 200 g/mol. The molecule has 0 unspecified atom stereocenters. The second-order valence-electron chi connectivity index (χ2n) is 2.44. The standard InChI is InChI=1S/C8H6ClF2NO/c1-4-5(7(9)13)2-3-6(12-4)8(10)11/h2-3,8H,1H3. The maximum Gasteiger partial charge on any atom is 0.280 e. The minimum Gasteiger partial charge on any atom is -0.276 e. The van der Waals surface area contributed by atoms with E-state index in [-0.39, 0.29) is 17.0 Å². The van der Waals surface area contributed by atoms with Crippen LogP contribution in [0.5, 0.6) is 0 Å². The van der Waals surface area contributed by atoms with E-state index in [4.69, 9.17) is 11.6 Å². The first kappa shape index (κ1) is 10.1. The Labute approximate surface area is 78.5 Å². The molecule has 70 valence electrons. The number of pyridine rings is 1. The summed E-state index contributed by atoms with van der Waals surface area (Å²) in [5, 5.41) is -0.689. The summed E-state index contributed by atoms with van der Waals surface area (Å²) in [5.74, 6) is 0. The van der Waals surface area contributed by atoms with Gasteiger partial charge in [0, 0.05) is 5.69 Å². The van der Waals surface area contributed by atoms with Crippen molar-refractivity contribution in [3.8, 4) is 0 Å². The molecule has 0 aliphatic rings. The monoisotopic (exact) mass is 205 g/mol. The Hall–Kier alpha value is -1.03. The van der Waals surface area contributed by atoms with Crippen molar-refractivity contribution in [2.24, 2.45) is 0 Å². The molecule has 0 spiro atoms. The number of carbonyl (C=O) groups excluding carboxylic acids is 1. The highest BCUT2D eigenvalue weighted by molar-refractivity contribution is 6.67. The van der Waals surface area contributed by atoms with Crippen LogP contribution in [0.15, 0.2) is 12.1 Å². The van der Waals surface area contributed by atoms with E-state index in [2.05, 4.69) is 4.98 Å². The fourth-order valence-corrected chi connectivity index (χ4v) is 1.11. The lowest BCUT2D eigenvalue weighted by Gasteiger charge is -2.02. The summed E-state index contributed by atoms with van der Waals surface area (Å²) in [5.41, 5.74) is 0.0306. The molecular formula is C8H6ClF2NO. The van der Waals surface area contributed by atoms with Gasteiger partial charge in [0.05, 0.1) is 5.56 Å². The zero-order chi connectivity index (χ0) is 10.0. The third-order valence-electron chi connectivity index (χ3n) is 1.54. The normalized spacial score (nSPS) is 10.5. The average Bonchev–Trinajstić information content (AvgIpc) is 2.03. The van der Waals surface area contributed by atoms with Gasteiger partial charge in [-0.2, -0.15) is 0 Å². The molecule has 0 aliphatic heterocycles. The maximum absolute atomic E-state index is 12.1. The SMILES string of the molecule is Cc1nc(C(F)F)ccc1C(=O)Cl. The van der Waals surface area contributed by atoms with Crippen LogP contribution in [0, 0.1) is 6.92 Å². The van der Waals surface area contributed by atoms with Crippen molar-refractivity contribution >= 4 is 16.8 Å². The molecule has 0 fully saturated rings. The van der Waals surface area contributed by atoms with E-state index in [1.54, 1.807) is 0 Å². The lowest BCUT2D eigenvalue weighted by Crippen LogP contribution is -1.99. The van der Waals surface area contributed by atoms with Crippen LogP contribution in [0.3, 0.4) is 0 Å². The van der Waals surface area contributed by atoms with Crippen LogP contribution in [0.4, 0.5) is 8.78 Å². The zero-order valence-electron chi connectivity index (χ0n) is 6.72. The van der Waals surface area contributed by atoms with E-state index >= 15 is 0 Å². The van der Waals surface area contributed by atoms with E-state index in [1.807, 2.05) is 0 Å². The van der Waals surface area contributed by atoms with E-state index in [1.165, 1.54) is 13.0 Å². The van der Waals surface area contributed by atoms with Gasteiger partial charge in [0.1, 0.15) is 5.69 Å². The Morgan fingerprint density at radius 1 is 1.54 bits per heavy atom. The summed E-state index contributed by atoms with van der Waals surface area (Å²) >= 11 is 5.17. The summed E-state index contributed by atoms with van der Waals surface area (Å²) in [6.07, 6.45) is -2.63. The molecule has 0 aromatic carbocycles. The number of carbonyl (C=O) groups is 1. The summed E-state index contributed by atoms with van der Waals surface area (Å²) in [6, 6.07) is 2.34. The summed E-state index contributed by atoms with van der Waals surface area (Å²) < 4.78 is 24.2. The molecule has 13 heavy (non-hydrogen) atoms. The molecule has 5 heteroatoms. The molecule has 0 atom stereocenters. The molecule has 1 aromatic heterocycles. The number of halogens is 3. The van der Waals surface area contributed by atoms with Crippen LogP contribution >= 0.6 is 11.6 Å². The molecule has 0 saturated heterocycles. The quantitative estimate of drug-likeness (QED) is 0.695. The fraction of sp³-hybridized carbons (Fsp3) is 0.250. The Morgan fingerprint density at radius 2 is 2.15 bits per heavy atom. The average molecular weight is 206 g/mol. The van der Waals surface area contributed by atoms with Gasteiger partial charge in [-0.3, -0.25) is 9.78 Å². The van der Waals surface area contributed by atoms with Crippen LogP contribution in [0.25, 0.3) is 0 Å². The minimum atomic E-state index is -2.63. The highest BCUT2D eigenvalue weighted by Gasteiger charge is 2.12. The van der Waals surface area contributed by atoms with Gasteiger partial charge in [0.25, 0.3) is 11.7 Å². The number of alkyl halides is 2. The summed E-state index contributed by atoms with van der Waals surface area (Å²) in [4.78, 5) is 14.2. The van der Waals surface area contributed by atoms with E-state index < -0.39 is 11.7 Å². The molecule has 0 saturated carbocycles. The van der Waals surface area contributed by atoms with Gasteiger partial charge >= 0.3 is 0 Å². The van der Waals surface area contributed by atoms with E-state index in [9.17, 15) is 13.6 Å². The molecule has 1 aromatic rings. The van der Waals surface area contributed by atoms with Crippen molar-refractivity contribution in [3.63, 3.8) is 0 Å². The molecule has 1 heterocycles. The zero-order valence-corrected chi connectivity index (χ0v) is 7.48. The first-order valence-electron chi connectivity index (χ1n) is 3.48. The Bertz CT molecular complexity index is 341. The summed E-state index contributed by atoms with van der Waals surface area (Å²) in [7, 11) is 0. The molecule has 0 aliphatic carbocycles. The van der Waals surface area contributed by atoms with Crippen molar-refractivity contribution in [3.05, 3.63) is 29.1 Å². The van der Waals surface area contributed by atoms with E-state index in [0.29, 0.717) is 0 Å². The largest absolute Gasteiger partial charge is 0.280 e. The number of aromatic nitrogens is 1. The van der Waals surface area contributed by atoms with Crippen molar-refractivity contribution in [1.82, 2.24) is 4.98 Å². The second kappa shape index (κ2) is 3.79. The number of hydrogen-bond acceptors (Lipinski definition) is 2. The number of nitrogens with zero attached hydrogens (tertiary/aromatic N) is 1. The molecule has 1 rings (SSSR count). The highest BCUT2D eigenvalue weighted by Crippen LogP contribution is 2.18. The first-order chi connectivity index (χ1) is 6.02. The molecule has 0 radical (unpaired) electrons. The van der Waals surface area contributed by atoms with Gasteiger partial charge in [-0.25, -0.2) is 8.78 Å². The summed E-state index contributed by atoms with van der Waals surface area (Å²) in [6.45, 7) is 1.46. The lowest BCUT2D eigenvalue weighted by atomic mass is 10.2. The predicted molar refractivity (Wildman–Crippen MR) is 44.1 cm³/mol. The smallest absolute Gasteiger partial charge is 0.276 e. The van der Waals surface area contributed by atoms with Crippen molar-refractivity contribution < 1.29 is 13.6 Å². The Morgan fingerprint density at radius 3 is 2.54 bits per heavy atom. The van der Waals surface area contributed by atoms with Gasteiger partial charge in [0.15, 0.2) is 0 Å². The first-order valence-corrected chi connectivity index (χ1v) is 3.85. The highest BCUT2D eigenvalue weighted by atomic mass is 35.5. The minimum absolute atomic E-state index is 0.158. The second-order valence-corrected chi connectivity index (χ2v) is 2.79. The van der Waals surface area contributed by atoms with Gasteiger partial charge < -0.3 is 0 Å². The molecule has 0 N–H and O–H groups in total. The van der Waals surface area contributed by atoms with Crippen molar-refractivity contribution in [2.45, 2.75) is 13.3 Å². The van der Waals surface area contributed by atoms with Crippen LogP contribution < -0.4 is 0 Å². The fourth-order valence-electron chi connectivity index (χ4n) is 0.910.